The van der Waals surface area contributed by atoms with Gasteiger partial charge in [-0.3, -0.25) is 9.93 Å². The van der Waals surface area contributed by atoms with Crippen molar-refractivity contribution in [1.82, 2.24) is 10.2 Å². The first-order chi connectivity index (χ1) is 5.42. The molecule has 0 aliphatic rings. The van der Waals surface area contributed by atoms with Crippen molar-refractivity contribution in [3.8, 4) is 0 Å². The van der Waals surface area contributed by atoms with Crippen LogP contribution >= 0.6 is 11.8 Å². The van der Waals surface area contributed by atoms with Crippen LogP contribution in [0.25, 0.3) is 10.9 Å². The van der Waals surface area contributed by atoms with Crippen molar-refractivity contribution in [3.63, 3.8) is 0 Å². The number of hydrogen-bond acceptors (Lipinski definition) is 2. The van der Waals surface area contributed by atoms with Crippen LogP contribution in [0.15, 0.2) is 24.4 Å². The normalized spacial score (nSPS) is 10.3. The van der Waals surface area contributed by atoms with E-state index in [0.29, 0.717) is 0 Å². The summed E-state index contributed by atoms with van der Waals surface area (Å²) in [6.07, 6.45) is 1.74. The zero-order valence-corrected chi connectivity index (χ0v) is 6.39. The summed E-state index contributed by atoms with van der Waals surface area (Å²) in [4.78, 5) is 2.57. The van der Waals surface area contributed by atoms with Crippen molar-refractivity contribution < 1.29 is 0 Å². The van der Waals surface area contributed by atoms with E-state index in [1.54, 1.807) is 6.20 Å². The largest absolute Gasteiger partial charge is 0.298 e. The Morgan fingerprint density at radius 2 is 2.36 bits per heavy atom. The maximum absolute atomic E-state index is 5.47. The molecule has 2 rings (SSSR count). The van der Waals surface area contributed by atoms with Gasteiger partial charge in [-0.15, -0.1) is 0 Å². The zero-order chi connectivity index (χ0) is 7.68. The van der Waals surface area contributed by atoms with Crippen LogP contribution in [0.4, 0.5) is 5.69 Å². The quantitative estimate of drug-likeness (QED) is 0.639. The molecule has 1 aromatic heterocycles. The highest BCUT2D eigenvalue weighted by molar-refractivity contribution is 6.25. The third kappa shape index (κ3) is 0.935. The number of benzene rings is 1. The van der Waals surface area contributed by atoms with E-state index in [1.165, 1.54) is 0 Å². The van der Waals surface area contributed by atoms with E-state index in [2.05, 4.69) is 15.0 Å². The van der Waals surface area contributed by atoms with Gasteiger partial charge in [-0.1, -0.05) is 6.07 Å². The molecule has 0 fully saturated rings. The first-order valence-electron chi connectivity index (χ1n) is 3.20. The summed E-state index contributed by atoms with van der Waals surface area (Å²) in [5.74, 6) is 0. The highest BCUT2D eigenvalue weighted by Gasteiger charge is 1.98. The second kappa shape index (κ2) is 2.43. The van der Waals surface area contributed by atoms with Gasteiger partial charge in [0.15, 0.2) is 0 Å². The highest BCUT2D eigenvalue weighted by Crippen LogP contribution is 2.20. The van der Waals surface area contributed by atoms with Crippen molar-refractivity contribution >= 4 is 28.4 Å². The molecule has 0 spiro atoms. The number of rotatable bonds is 1. The number of aromatic nitrogens is 2. The highest BCUT2D eigenvalue weighted by atomic mass is 35.5. The molecule has 0 saturated carbocycles. The summed E-state index contributed by atoms with van der Waals surface area (Å²) in [6.45, 7) is 0. The summed E-state index contributed by atoms with van der Waals surface area (Å²) >= 11 is 5.47. The van der Waals surface area contributed by atoms with E-state index in [1.807, 2.05) is 18.2 Å². The minimum absolute atomic E-state index is 0.873. The van der Waals surface area contributed by atoms with Crippen LogP contribution in [0.2, 0.25) is 0 Å². The van der Waals surface area contributed by atoms with Gasteiger partial charge in [0.2, 0.25) is 0 Å². The van der Waals surface area contributed by atoms with E-state index < -0.39 is 0 Å². The maximum atomic E-state index is 5.47. The lowest BCUT2D eigenvalue weighted by Crippen LogP contribution is -1.79. The molecule has 0 amide bonds. The number of fused-ring (bicyclic) bond motifs is 1. The van der Waals surface area contributed by atoms with Gasteiger partial charge in [-0.25, -0.2) is 0 Å². The molecular formula is C7H6ClN3. The molecule has 56 valence electrons. The van der Waals surface area contributed by atoms with Crippen LogP contribution in [0.5, 0.6) is 0 Å². The van der Waals surface area contributed by atoms with Gasteiger partial charge in [-0.2, -0.15) is 5.10 Å². The number of nitrogens with zero attached hydrogens (tertiary/aromatic N) is 1. The van der Waals surface area contributed by atoms with Gasteiger partial charge in [0.1, 0.15) is 0 Å². The predicted molar refractivity (Wildman–Crippen MR) is 45.6 cm³/mol. The Bertz CT molecular complexity index is 368. The van der Waals surface area contributed by atoms with E-state index >= 15 is 0 Å². The Labute approximate surface area is 68.5 Å². The molecule has 2 aromatic rings. The summed E-state index contributed by atoms with van der Waals surface area (Å²) in [5, 5.41) is 7.73. The van der Waals surface area contributed by atoms with Gasteiger partial charge in [0.05, 0.1) is 17.4 Å². The minimum atomic E-state index is 0.873. The Morgan fingerprint density at radius 3 is 3.18 bits per heavy atom. The Hall–Kier alpha value is -1.22. The number of hydrogen-bond donors (Lipinski definition) is 2. The lowest BCUT2D eigenvalue weighted by molar-refractivity contribution is 1.12. The van der Waals surface area contributed by atoms with Crippen LogP contribution in [-0.4, -0.2) is 10.2 Å². The zero-order valence-electron chi connectivity index (χ0n) is 5.63. The second-order valence-electron chi connectivity index (χ2n) is 2.23. The molecule has 1 aromatic carbocycles. The van der Waals surface area contributed by atoms with Gasteiger partial charge in [0, 0.05) is 17.2 Å². The summed E-state index contributed by atoms with van der Waals surface area (Å²) in [7, 11) is 0. The fraction of sp³-hybridized carbons (Fsp3) is 0. The first-order valence-corrected chi connectivity index (χ1v) is 3.58. The molecule has 0 unspecified atom stereocenters. The Balaban J connectivity index is 2.79. The van der Waals surface area contributed by atoms with E-state index in [9.17, 15) is 0 Å². The topological polar surface area (TPSA) is 40.7 Å². The lowest BCUT2D eigenvalue weighted by atomic mass is 10.2. The van der Waals surface area contributed by atoms with Crippen molar-refractivity contribution in [3.05, 3.63) is 24.4 Å². The molecule has 0 aliphatic carbocycles. The van der Waals surface area contributed by atoms with Crippen molar-refractivity contribution in [2.75, 3.05) is 4.84 Å². The van der Waals surface area contributed by atoms with Crippen molar-refractivity contribution in [2.45, 2.75) is 0 Å². The van der Waals surface area contributed by atoms with E-state index in [4.69, 9.17) is 11.8 Å². The smallest absolute Gasteiger partial charge is 0.0671 e. The monoisotopic (exact) mass is 167 g/mol. The number of aromatic amines is 1. The fourth-order valence-corrected chi connectivity index (χ4v) is 1.22. The molecule has 4 heteroatoms. The SMILES string of the molecule is ClNc1cccc2[nH]ncc12. The Morgan fingerprint density at radius 1 is 1.45 bits per heavy atom. The van der Waals surface area contributed by atoms with E-state index in [0.717, 1.165) is 16.6 Å². The van der Waals surface area contributed by atoms with Gasteiger partial charge in [-0.05, 0) is 12.1 Å². The molecular weight excluding hydrogens is 162 g/mol. The van der Waals surface area contributed by atoms with Crippen molar-refractivity contribution in [2.24, 2.45) is 0 Å². The number of H-pyrrole nitrogens is 1. The molecule has 1 heterocycles. The van der Waals surface area contributed by atoms with Crippen LogP contribution < -0.4 is 4.84 Å². The van der Waals surface area contributed by atoms with Crippen molar-refractivity contribution in [1.29, 1.82) is 0 Å². The molecule has 11 heavy (non-hydrogen) atoms. The average molecular weight is 168 g/mol. The molecule has 3 nitrogen and oxygen atoms in total. The Kier molecular flexibility index (Phi) is 1.43. The number of halogens is 1. The lowest BCUT2D eigenvalue weighted by Gasteiger charge is -1.96. The number of nitrogens with one attached hydrogen (secondary N) is 2. The third-order valence-corrected chi connectivity index (χ3v) is 1.79. The van der Waals surface area contributed by atoms with E-state index in [-0.39, 0.29) is 0 Å². The summed E-state index contributed by atoms with van der Waals surface area (Å²) < 4.78 is 0. The van der Waals surface area contributed by atoms with Crippen LogP contribution in [0.3, 0.4) is 0 Å². The fourth-order valence-electron chi connectivity index (χ4n) is 1.05. The maximum Gasteiger partial charge on any atom is 0.0671 e. The standard InChI is InChI=1S/C7H6ClN3/c8-10-6-2-1-3-7-5(6)4-9-11-7/h1-4,10H,(H,9,11). The molecule has 0 bridgehead atoms. The minimum Gasteiger partial charge on any atom is -0.298 e. The molecule has 0 atom stereocenters. The van der Waals surface area contributed by atoms with Crippen LogP contribution in [-0.2, 0) is 0 Å². The predicted octanol–water partition coefficient (Wildman–Crippen LogP) is 2.13. The summed E-state index contributed by atoms with van der Waals surface area (Å²) in [6, 6.07) is 5.75. The first kappa shape index (κ1) is 6.49. The van der Waals surface area contributed by atoms with Gasteiger partial charge >= 0.3 is 0 Å². The molecule has 0 saturated heterocycles. The number of anilines is 1. The molecule has 0 aliphatic heterocycles. The van der Waals surface area contributed by atoms with Crippen LogP contribution in [0, 0.1) is 0 Å². The molecule has 2 N–H and O–H groups in total. The molecule has 0 radical (unpaired) electrons. The summed E-state index contributed by atoms with van der Waals surface area (Å²) in [5.41, 5.74) is 1.86. The average Bonchev–Trinajstić information content (AvgIpc) is 2.50. The second-order valence-corrected chi connectivity index (χ2v) is 2.42. The van der Waals surface area contributed by atoms with Crippen LogP contribution in [0.1, 0.15) is 0 Å². The van der Waals surface area contributed by atoms with Gasteiger partial charge in [0.25, 0.3) is 0 Å². The van der Waals surface area contributed by atoms with Gasteiger partial charge < -0.3 is 0 Å². The third-order valence-electron chi connectivity index (χ3n) is 1.59.